The van der Waals surface area contributed by atoms with E-state index >= 15 is 0 Å². The number of rotatable bonds is 5. The van der Waals surface area contributed by atoms with E-state index in [1.807, 2.05) is 6.92 Å². The molecule has 106 valence electrons. The summed E-state index contributed by atoms with van der Waals surface area (Å²) >= 11 is 0. The van der Waals surface area contributed by atoms with Gasteiger partial charge in [-0.05, 0) is 18.6 Å². The number of para-hydroxylation sites is 2. The molecule has 20 heavy (non-hydrogen) atoms. The maximum atomic E-state index is 12.4. The van der Waals surface area contributed by atoms with Crippen LogP contribution >= 0.6 is 0 Å². The molecule has 0 radical (unpaired) electrons. The van der Waals surface area contributed by atoms with E-state index in [1.165, 1.54) is 11.8 Å². The summed E-state index contributed by atoms with van der Waals surface area (Å²) in [7, 11) is 1.52. The van der Waals surface area contributed by atoms with Crippen molar-refractivity contribution in [1.82, 2.24) is 9.78 Å². The van der Waals surface area contributed by atoms with Crippen molar-refractivity contribution in [2.24, 2.45) is 0 Å². The molecule has 1 heterocycles. The molecule has 0 saturated heterocycles. The largest absolute Gasteiger partial charge is 0.494 e. The minimum absolute atomic E-state index is 0.283. The van der Waals surface area contributed by atoms with Crippen molar-refractivity contribution in [3.8, 4) is 11.4 Å². The number of carboxylic acid groups (broad SMARTS) is 1. The highest BCUT2D eigenvalue weighted by Gasteiger charge is 2.18. The van der Waals surface area contributed by atoms with Gasteiger partial charge in [0.1, 0.15) is 11.4 Å². The van der Waals surface area contributed by atoms with E-state index in [0.717, 1.165) is 0 Å². The fourth-order valence-electron chi connectivity index (χ4n) is 2.13. The normalized spacial score (nSPS) is 10.5. The lowest BCUT2D eigenvalue weighted by molar-refractivity contribution is -0.136. The number of carboxylic acids is 1. The molecule has 0 aliphatic carbocycles. The van der Waals surface area contributed by atoms with Gasteiger partial charge >= 0.3 is 5.97 Å². The number of hydrogen-bond acceptors (Lipinski definition) is 3. The first-order valence-electron chi connectivity index (χ1n) is 6.26. The Kier molecular flexibility index (Phi) is 3.93. The number of aromatic amines is 1. The third kappa shape index (κ3) is 2.45. The number of H-pyrrole nitrogens is 1. The summed E-state index contributed by atoms with van der Waals surface area (Å²) in [5.74, 6) is -0.483. The molecule has 0 aliphatic rings. The lowest BCUT2D eigenvalue weighted by Crippen LogP contribution is -2.19. The second kappa shape index (κ2) is 5.64. The molecule has 1 aromatic heterocycles. The van der Waals surface area contributed by atoms with Crippen LogP contribution in [0.2, 0.25) is 0 Å². The van der Waals surface area contributed by atoms with Crippen LogP contribution in [-0.2, 0) is 17.6 Å². The minimum Gasteiger partial charge on any atom is -0.494 e. The Morgan fingerprint density at radius 2 is 2.10 bits per heavy atom. The minimum atomic E-state index is -1.03. The van der Waals surface area contributed by atoms with Crippen LogP contribution in [0.3, 0.4) is 0 Å². The van der Waals surface area contributed by atoms with Crippen LogP contribution in [0.4, 0.5) is 0 Å². The molecule has 6 nitrogen and oxygen atoms in total. The summed E-state index contributed by atoms with van der Waals surface area (Å²) in [6.07, 6.45) is 0.265. The van der Waals surface area contributed by atoms with Crippen LogP contribution in [0.15, 0.2) is 29.1 Å². The van der Waals surface area contributed by atoms with E-state index in [2.05, 4.69) is 5.10 Å². The van der Waals surface area contributed by atoms with Crippen LogP contribution in [-0.4, -0.2) is 28.0 Å². The van der Waals surface area contributed by atoms with Gasteiger partial charge in [-0.25, -0.2) is 4.68 Å². The van der Waals surface area contributed by atoms with Crippen molar-refractivity contribution in [2.75, 3.05) is 7.11 Å². The van der Waals surface area contributed by atoms with Crippen LogP contribution in [0.25, 0.3) is 5.69 Å². The van der Waals surface area contributed by atoms with E-state index in [4.69, 9.17) is 9.84 Å². The number of carbonyl (C=O) groups is 1. The van der Waals surface area contributed by atoms with Gasteiger partial charge in [0.2, 0.25) is 0 Å². The SMILES string of the molecule is CCc1[nH]n(-c2ccccc2OC)c(=O)c1CC(=O)O. The molecule has 0 fully saturated rings. The molecule has 0 unspecified atom stereocenters. The Morgan fingerprint density at radius 1 is 1.40 bits per heavy atom. The summed E-state index contributed by atoms with van der Waals surface area (Å²) in [6, 6.07) is 7.06. The van der Waals surface area contributed by atoms with E-state index in [0.29, 0.717) is 23.6 Å². The summed E-state index contributed by atoms with van der Waals surface area (Å²) < 4.78 is 6.55. The van der Waals surface area contributed by atoms with E-state index in [9.17, 15) is 9.59 Å². The Morgan fingerprint density at radius 3 is 2.70 bits per heavy atom. The highest BCUT2D eigenvalue weighted by atomic mass is 16.5. The molecule has 0 spiro atoms. The molecule has 0 saturated carbocycles. The number of aliphatic carboxylic acids is 1. The second-order valence-corrected chi connectivity index (χ2v) is 4.31. The van der Waals surface area contributed by atoms with Crippen LogP contribution in [0.1, 0.15) is 18.2 Å². The van der Waals surface area contributed by atoms with Crippen LogP contribution < -0.4 is 10.3 Å². The predicted molar refractivity (Wildman–Crippen MR) is 73.7 cm³/mol. The summed E-state index contributed by atoms with van der Waals surface area (Å²) in [4.78, 5) is 23.2. The van der Waals surface area contributed by atoms with Crippen molar-refractivity contribution >= 4 is 5.97 Å². The third-order valence-electron chi connectivity index (χ3n) is 3.08. The monoisotopic (exact) mass is 276 g/mol. The van der Waals surface area contributed by atoms with Gasteiger partial charge in [0.25, 0.3) is 5.56 Å². The molecular weight excluding hydrogens is 260 g/mol. The first-order valence-corrected chi connectivity index (χ1v) is 6.26. The van der Waals surface area contributed by atoms with Gasteiger partial charge in [-0.1, -0.05) is 19.1 Å². The highest BCUT2D eigenvalue weighted by Crippen LogP contribution is 2.20. The second-order valence-electron chi connectivity index (χ2n) is 4.31. The Bertz CT molecular complexity index is 685. The number of nitrogens with one attached hydrogen (secondary N) is 1. The first kappa shape index (κ1) is 13.9. The Labute approximate surface area is 115 Å². The van der Waals surface area contributed by atoms with E-state index in [-0.39, 0.29) is 17.5 Å². The van der Waals surface area contributed by atoms with Crippen molar-refractivity contribution in [3.63, 3.8) is 0 Å². The van der Waals surface area contributed by atoms with Gasteiger partial charge in [0.05, 0.1) is 19.1 Å². The van der Waals surface area contributed by atoms with Crippen molar-refractivity contribution < 1.29 is 14.6 Å². The van der Waals surface area contributed by atoms with Crippen LogP contribution in [0.5, 0.6) is 5.75 Å². The maximum Gasteiger partial charge on any atom is 0.308 e. The molecule has 0 atom stereocenters. The molecule has 2 aromatic rings. The fourth-order valence-corrected chi connectivity index (χ4v) is 2.13. The summed E-state index contributed by atoms with van der Waals surface area (Å²) in [6.45, 7) is 1.86. The Hall–Kier alpha value is -2.50. The molecule has 0 aliphatic heterocycles. The van der Waals surface area contributed by atoms with E-state index in [1.54, 1.807) is 24.3 Å². The fraction of sp³-hybridized carbons (Fsp3) is 0.286. The van der Waals surface area contributed by atoms with Crippen molar-refractivity contribution in [3.05, 3.63) is 45.9 Å². The van der Waals surface area contributed by atoms with Gasteiger partial charge in [0, 0.05) is 5.69 Å². The molecule has 1 aromatic carbocycles. The summed E-state index contributed by atoms with van der Waals surface area (Å²) in [5, 5.41) is 11.9. The number of aromatic nitrogens is 2. The number of methoxy groups -OCH3 is 1. The predicted octanol–water partition coefficient (Wildman–Crippen LogP) is 1.36. The zero-order valence-electron chi connectivity index (χ0n) is 11.3. The van der Waals surface area contributed by atoms with Gasteiger partial charge in [-0.3, -0.25) is 14.7 Å². The quantitative estimate of drug-likeness (QED) is 0.863. The van der Waals surface area contributed by atoms with Crippen LogP contribution in [0, 0.1) is 0 Å². The van der Waals surface area contributed by atoms with Gasteiger partial charge in [0.15, 0.2) is 0 Å². The number of hydrogen-bond donors (Lipinski definition) is 2. The molecular formula is C14H16N2O4. The maximum absolute atomic E-state index is 12.4. The summed E-state index contributed by atoms with van der Waals surface area (Å²) in [5.41, 5.74) is 1.12. The van der Waals surface area contributed by atoms with Gasteiger partial charge in [-0.2, -0.15) is 0 Å². The van der Waals surface area contributed by atoms with Gasteiger partial charge in [-0.15, -0.1) is 0 Å². The number of nitrogens with zero attached hydrogens (tertiary/aromatic N) is 1. The van der Waals surface area contributed by atoms with Gasteiger partial charge < -0.3 is 9.84 Å². The molecule has 2 rings (SSSR count). The molecule has 0 bridgehead atoms. The molecule has 0 amide bonds. The zero-order valence-corrected chi connectivity index (χ0v) is 11.3. The number of ether oxygens (including phenoxy) is 1. The zero-order chi connectivity index (χ0) is 14.7. The average molecular weight is 276 g/mol. The first-order chi connectivity index (χ1) is 9.58. The van der Waals surface area contributed by atoms with E-state index < -0.39 is 5.97 Å². The number of benzene rings is 1. The highest BCUT2D eigenvalue weighted by molar-refractivity contribution is 5.70. The molecule has 2 N–H and O–H groups in total. The molecule has 6 heteroatoms. The lowest BCUT2D eigenvalue weighted by atomic mass is 10.1. The number of aryl methyl sites for hydroxylation is 1. The van der Waals surface area contributed by atoms with Crippen molar-refractivity contribution in [2.45, 2.75) is 19.8 Å². The average Bonchev–Trinajstić information content (AvgIpc) is 2.75. The smallest absolute Gasteiger partial charge is 0.308 e. The standard InChI is InChI=1S/C14H16N2O4/c1-3-10-9(8-13(17)18)14(19)16(15-10)11-6-4-5-7-12(11)20-2/h4-7,15H,3,8H2,1-2H3,(H,17,18). The topological polar surface area (TPSA) is 84.3 Å². The third-order valence-corrected chi connectivity index (χ3v) is 3.08. The van der Waals surface area contributed by atoms with Crippen molar-refractivity contribution in [1.29, 1.82) is 0 Å². The lowest BCUT2D eigenvalue weighted by Gasteiger charge is -2.07. The Balaban J connectivity index is 2.61.